The van der Waals surface area contributed by atoms with Crippen LogP contribution in [0.5, 0.6) is 0 Å². The van der Waals surface area contributed by atoms with Crippen LogP contribution >= 0.6 is 0 Å². The second kappa shape index (κ2) is 2.12. The van der Waals surface area contributed by atoms with Gasteiger partial charge in [-0.1, -0.05) is 6.42 Å². The molecule has 0 spiro atoms. The number of rotatable bonds is 1. The summed E-state index contributed by atoms with van der Waals surface area (Å²) in [5, 5.41) is 18.5. The minimum absolute atomic E-state index is 0.462. The van der Waals surface area contributed by atoms with Gasteiger partial charge in [-0.2, -0.15) is 15.0 Å². The molecule has 2 atom stereocenters. The highest BCUT2D eigenvalue weighted by molar-refractivity contribution is 5.25. The number of nitrogens with zero attached hydrogens (tertiary/aromatic N) is 3. The van der Waals surface area contributed by atoms with Crippen molar-refractivity contribution in [1.29, 1.82) is 0 Å². The predicted molar refractivity (Wildman–Crippen MR) is 45.7 cm³/mol. The minimum atomic E-state index is -0.619. The molecule has 13 heavy (non-hydrogen) atoms. The Bertz CT molecular complexity index is 336. The van der Waals surface area contributed by atoms with Crippen LogP contribution in [0.4, 0.5) is 0 Å². The Balaban J connectivity index is 1.95. The minimum Gasteiger partial charge on any atom is -0.383 e. The molecule has 0 bridgehead atoms. The van der Waals surface area contributed by atoms with E-state index in [0.717, 1.165) is 18.5 Å². The first-order valence-corrected chi connectivity index (χ1v) is 4.82. The van der Waals surface area contributed by atoms with E-state index in [1.807, 2.05) is 0 Å². The quantitative estimate of drug-likeness (QED) is 0.680. The maximum absolute atomic E-state index is 10.3. The van der Waals surface area contributed by atoms with Crippen molar-refractivity contribution in [3.8, 4) is 0 Å². The molecule has 0 amide bonds. The molecular weight excluding hydrogens is 166 g/mol. The Kier molecular flexibility index (Phi) is 1.22. The first-order chi connectivity index (χ1) is 6.23. The zero-order valence-corrected chi connectivity index (χ0v) is 7.64. The van der Waals surface area contributed by atoms with Gasteiger partial charge < -0.3 is 5.11 Å². The van der Waals surface area contributed by atoms with Gasteiger partial charge in [-0.3, -0.25) is 0 Å². The summed E-state index contributed by atoms with van der Waals surface area (Å²) in [6.07, 6.45) is 5.26. The van der Waals surface area contributed by atoms with Crippen molar-refractivity contribution >= 4 is 0 Å². The zero-order valence-electron chi connectivity index (χ0n) is 7.64. The van der Waals surface area contributed by atoms with Crippen molar-refractivity contribution in [2.45, 2.75) is 24.9 Å². The van der Waals surface area contributed by atoms with Crippen LogP contribution in [0.3, 0.4) is 0 Å². The third-order valence-electron chi connectivity index (χ3n) is 3.55. The van der Waals surface area contributed by atoms with Crippen molar-refractivity contribution in [3.05, 3.63) is 11.9 Å². The van der Waals surface area contributed by atoms with E-state index < -0.39 is 5.60 Å². The van der Waals surface area contributed by atoms with Gasteiger partial charge >= 0.3 is 0 Å². The lowest BCUT2D eigenvalue weighted by Gasteiger charge is -2.09. The molecule has 1 aromatic heterocycles. The van der Waals surface area contributed by atoms with Crippen LogP contribution in [0, 0.1) is 11.8 Å². The lowest BCUT2D eigenvalue weighted by atomic mass is 10.1. The van der Waals surface area contributed by atoms with E-state index in [-0.39, 0.29) is 0 Å². The zero-order chi connectivity index (χ0) is 9.05. The average molecular weight is 179 g/mol. The summed E-state index contributed by atoms with van der Waals surface area (Å²) in [4.78, 5) is 1.52. The van der Waals surface area contributed by atoms with Crippen molar-refractivity contribution in [2.75, 3.05) is 0 Å². The SMILES string of the molecule is Cn1ncc(C2(O)C3CCCC32)n1. The predicted octanol–water partition coefficient (Wildman–Crippen LogP) is 0.433. The molecule has 70 valence electrons. The van der Waals surface area contributed by atoms with Gasteiger partial charge in [0, 0.05) is 7.05 Å². The van der Waals surface area contributed by atoms with E-state index in [0.29, 0.717) is 11.8 Å². The average Bonchev–Trinajstić information content (AvgIpc) is 2.61. The maximum Gasteiger partial charge on any atom is 0.116 e. The molecule has 0 radical (unpaired) electrons. The van der Waals surface area contributed by atoms with Crippen molar-refractivity contribution in [3.63, 3.8) is 0 Å². The number of aryl methyl sites for hydroxylation is 1. The topological polar surface area (TPSA) is 50.9 Å². The van der Waals surface area contributed by atoms with Crippen LogP contribution in [0.15, 0.2) is 6.20 Å². The summed E-state index contributed by atoms with van der Waals surface area (Å²) >= 11 is 0. The number of aromatic nitrogens is 3. The molecule has 4 heteroatoms. The molecule has 1 aromatic rings. The second-order valence-electron chi connectivity index (χ2n) is 4.19. The number of hydrogen-bond acceptors (Lipinski definition) is 3. The van der Waals surface area contributed by atoms with E-state index in [2.05, 4.69) is 10.2 Å². The molecule has 0 saturated heterocycles. The standard InChI is InChI=1S/C9H13N3O/c1-12-10-5-8(11-12)9(13)6-3-2-4-7(6)9/h5-7,13H,2-4H2,1H3. The maximum atomic E-state index is 10.3. The smallest absolute Gasteiger partial charge is 0.116 e. The third-order valence-corrected chi connectivity index (χ3v) is 3.55. The van der Waals surface area contributed by atoms with Gasteiger partial charge in [-0.05, 0) is 24.7 Å². The fourth-order valence-electron chi connectivity index (χ4n) is 2.83. The molecule has 2 fully saturated rings. The molecule has 2 aliphatic rings. The number of aliphatic hydroxyl groups is 1. The Hall–Kier alpha value is -0.900. The van der Waals surface area contributed by atoms with E-state index >= 15 is 0 Å². The third kappa shape index (κ3) is 0.790. The van der Waals surface area contributed by atoms with Gasteiger partial charge in [0.25, 0.3) is 0 Å². The van der Waals surface area contributed by atoms with E-state index in [1.165, 1.54) is 11.2 Å². The lowest BCUT2D eigenvalue weighted by Crippen LogP contribution is -2.14. The summed E-state index contributed by atoms with van der Waals surface area (Å²) in [5.41, 5.74) is 0.150. The molecule has 0 aromatic carbocycles. The molecular formula is C9H13N3O. The highest BCUT2D eigenvalue weighted by Crippen LogP contribution is 2.65. The molecule has 2 unspecified atom stereocenters. The molecule has 4 nitrogen and oxygen atoms in total. The molecule has 1 N–H and O–H groups in total. The first kappa shape index (κ1) is 7.50. The number of hydrogen-bond donors (Lipinski definition) is 1. The Labute approximate surface area is 76.6 Å². The van der Waals surface area contributed by atoms with Gasteiger partial charge in [-0.25, -0.2) is 0 Å². The molecule has 3 rings (SSSR count). The fraction of sp³-hybridized carbons (Fsp3) is 0.778. The molecule has 1 heterocycles. The van der Waals surface area contributed by atoms with Gasteiger partial charge in [0.1, 0.15) is 11.3 Å². The number of fused-ring (bicyclic) bond motifs is 1. The van der Waals surface area contributed by atoms with Crippen molar-refractivity contribution in [2.24, 2.45) is 18.9 Å². The first-order valence-electron chi connectivity index (χ1n) is 4.82. The molecule has 2 saturated carbocycles. The van der Waals surface area contributed by atoms with Crippen LogP contribution in [-0.4, -0.2) is 20.1 Å². The Morgan fingerprint density at radius 1 is 1.54 bits per heavy atom. The van der Waals surface area contributed by atoms with Gasteiger partial charge in [0.15, 0.2) is 0 Å². The summed E-state index contributed by atoms with van der Waals surface area (Å²) < 4.78 is 0. The van der Waals surface area contributed by atoms with Crippen LogP contribution in [0.2, 0.25) is 0 Å². The van der Waals surface area contributed by atoms with Crippen LogP contribution < -0.4 is 0 Å². The fourth-order valence-corrected chi connectivity index (χ4v) is 2.83. The lowest BCUT2D eigenvalue weighted by molar-refractivity contribution is 0.1000. The van der Waals surface area contributed by atoms with Crippen LogP contribution in [0.25, 0.3) is 0 Å². The summed E-state index contributed by atoms with van der Waals surface area (Å²) in [7, 11) is 1.78. The second-order valence-corrected chi connectivity index (χ2v) is 4.19. The highest BCUT2D eigenvalue weighted by Gasteiger charge is 2.67. The van der Waals surface area contributed by atoms with Crippen LogP contribution in [-0.2, 0) is 12.6 Å². The van der Waals surface area contributed by atoms with Gasteiger partial charge in [0.05, 0.1) is 6.20 Å². The summed E-state index contributed by atoms with van der Waals surface area (Å²) in [5.74, 6) is 0.924. The monoisotopic (exact) mass is 179 g/mol. The Morgan fingerprint density at radius 2 is 2.23 bits per heavy atom. The van der Waals surface area contributed by atoms with Crippen LogP contribution in [0.1, 0.15) is 25.0 Å². The largest absolute Gasteiger partial charge is 0.383 e. The van der Waals surface area contributed by atoms with E-state index in [1.54, 1.807) is 13.2 Å². The Morgan fingerprint density at radius 3 is 2.77 bits per heavy atom. The molecule has 2 aliphatic carbocycles. The van der Waals surface area contributed by atoms with Crippen molar-refractivity contribution < 1.29 is 5.11 Å². The molecule has 0 aliphatic heterocycles. The highest BCUT2D eigenvalue weighted by atomic mass is 16.3. The van der Waals surface area contributed by atoms with Gasteiger partial charge in [0.2, 0.25) is 0 Å². The summed E-state index contributed by atoms with van der Waals surface area (Å²) in [6, 6.07) is 0. The van der Waals surface area contributed by atoms with E-state index in [4.69, 9.17) is 0 Å². The van der Waals surface area contributed by atoms with E-state index in [9.17, 15) is 5.11 Å². The van der Waals surface area contributed by atoms with Crippen molar-refractivity contribution in [1.82, 2.24) is 15.0 Å². The van der Waals surface area contributed by atoms with Gasteiger partial charge in [-0.15, -0.1) is 0 Å². The normalized spacial score (nSPS) is 42.0. The summed E-state index contributed by atoms with van der Waals surface area (Å²) in [6.45, 7) is 0.